The van der Waals surface area contributed by atoms with Crippen LogP contribution in [0.2, 0.25) is 0 Å². The molecule has 236 valence electrons. The van der Waals surface area contributed by atoms with E-state index in [1.54, 1.807) is 0 Å². The van der Waals surface area contributed by atoms with Gasteiger partial charge in [0, 0.05) is 21.6 Å². The standard InChI is InChI=1S/C49H35N/c1-49(2)44-23-13-11-20-39(44)42-30-43-41-22-12-14-24-46(41)50(48(43)31-45(42)49)47-26-25-37(38-19-9-10-21-40(38)47)36-28-34(32-15-5-3-6-16-32)27-35(29-36)33-17-7-4-8-18-33/h3-31H,1-2H3. The molecule has 0 N–H and O–H groups in total. The van der Waals surface area contributed by atoms with Crippen LogP contribution < -0.4 is 0 Å². The van der Waals surface area contributed by atoms with E-state index in [-0.39, 0.29) is 5.41 Å². The van der Waals surface area contributed by atoms with Gasteiger partial charge in [-0.1, -0.05) is 147 Å². The minimum atomic E-state index is -0.0758. The van der Waals surface area contributed by atoms with E-state index in [9.17, 15) is 0 Å². The van der Waals surface area contributed by atoms with Gasteiger partial charge in [-0.2, -0.15) is 0 Å². The number of nitrogens with zero attached hydrogens (tertiary/aromatic N) is 1. The van der Waals surface area contributed by atoms with Gasteiger partial charge in [-0.3, -0.25) is 0 Å². The molecule has 10 rings (SSSR count). The summed E-state index contributed by atoms with van der Waals surface area (Å²) in [6, 6.07) is 64.9. The molecule has 0 saturated carbocycles. The Kier molecular flexibility index (Phi) is 6.29. The Hall–Kier alpha value is -6.18. The molecular weight excluding hydrogens is 603 g/mol. The van der Waals surface area contributed by atoms with Crippen LogP contribution in [-0.4, -0.2) is 4.57 Å². The maximum absolute atomic E-state index is 2.51. The minimum absolute atomic E-state index is 0.0758. The van der Waals surface area contributed by atoms with Crippen molar-refractivity contribution >= 4 is 32.6 Å². The van der Waals surface area contributed by atoms with Gasteiger partial charge in [0.25, 0.3) is 0 Å². The summed E-state index contributed by atoms with van der Waals surface area (Å²) in [5, 5.41) is 5.06. The van der Waals surface area contributed by atoms with Crippen molar-refractivity contribution < 1.29 is 0 Å². The van der Waals surface area contributed by atoms with Crippen LogP contribution in [0.1, 0.15) is 25.0 Å². The molecule has 0 spiro atoms. The third kappa shape index (κ3) is 4.27. The molecule has 0 unspecified atom stereocenters. The summed E-state index contributed by atoms with van der Waals surface area (Å²) in [6.07, 6.45) is 0. The van der Waals surface area contributed by atoms with Crippen molar-refractivity contribution in [2.45, 2.75) is 19.3 Å². The van der Waals surface area contributed by atoms with Gasteiger partial charge in [0.1, 0.15) is 0 Å². The molecule has 1 heterocycles. The molecule has 0 aliphatic heterocycles. The summed E-state index contributed by atoms with van der Waals surface area (Å²) < 4.78 is 2.51. The zero-order chi connectivity index (χ0) is 33.4. The lowest BCUT2D eigenvalue weighted by molar-refractivity contribution is 0.661. The van der Waals surface area contributed by atoms with Gasteiger partial charge in [0.05, 0.1) is 16.7 Å². The zero-order valence-electron chi connectivity index (χ0n) is 28.2. The van der Waals surface area contributed by atoms with Gasteiger partial charge < -0.3 is 4.57 Å². The smallest absolute Gasteiger partial charge is 0.0544 e. The van der Waals surface area contributed by atoms with Crippen LogP contribution in [0, 0.1) is 0 Å². The van der Waals surface area contributed by atoms with Crippen LogP contribution in [0.25, 0.3) is 82.8 Å². The predicted octanol–water partition coefficient (Wildman–Crippen LogP) is 13.2. The number of aromatic nitrogens is 1. The molecular formula is C49H35N. The van der Waals surface area contributed by atoms with Crippen LogP contribution >= 0.6 is 0 Å². The lowest BCUT2D eigenvalue weighted by Crippen LogP contribution is -2.15. The number of hydrogen-bond acceptors (Lipinski definition) is 0. The fourth-order valence-electron chi connectivity index (χ4n) is 8.53. The Labute approximate surface area is 292 Å². The van der Waals surface area contributed by atoms with E-state index >= 15 is 0 Å². The quantitative estimate of drug-likeness (QED) is 0.181. The van der Waals surface area contributed by atoms with Crippen LogP contribution in [0.4, 0.5) is 0 Å². The van der Waals surface area contributed by atoms with E-state index in [1.807, 2.05) is 0 Å². The first-order chi connectivity index (χ1) is 24.6. The van der Waals surface area contributed by atoms with E-state index in [0.29, 0.717) is 0 Å². The fraction of sp³-hybridized carbons (Fsp3) is 0.0612. The molecule has 50 heavy (non-hydrogen) atoms. The summed E-state index contributed by atoms with van der Waals surface area (Å²) in [6.45, 7) is 4.74. The second kappa shape index (κ2) is 10.9. The average Bonchev–Trinajstić information content (AvgIpc) is 3.62. The molecule has 0 atom stereocenters. The highest BCUT2D eigenvalue weighted by Gasteiger charge is 2.36. The Morgan fingerprint density at radius 3 is 1.64 bits per heavy atom. The van der Waals surface area contributed by atoms with Gasteiger partial charge in [0.2, 0.25) is 0 Å². The summed E-state index contributed by atoms with van der Waals surface area (Å²) in [4.78, 5) is 0. The molecule has 0 amide bonds. The minimum Gasteiger partial charge on any atom is -0.309 e. The highest BCUT2D eigenvalue weighted by Crippen LogP contribution is 2.51. The lowest BCUT2D eigenvalue weighted by atomic mass is 9.82. The Balaban J connectivity index is 1.23. The van der Waals surface area contributed by atoms with E-state index < -0.39 is 0 Å². The number of rotatable bonds is 4. The van der Waals surface area contributed by atoms with E-state index in [2.05, 4.69) is 194 Å². The number of hydrogen-bond donors (Lipinski definition) is 0. The Bertz CT molecular complexity index is 2710. The number of fused-ring (bicyclic) bond motifs is 7. The van der Waals surface area contributed by atoms with Crippen molar-refractivity contribution in [2.75, 3.05) is 0 Å². The average molecular weight is 638 g/mol. The van der Waals surface area contributed by atoms with Gasteiger partial charge >= 0.3 is 0 Å². The van der Waals surface area contributed by atoms with Crippen molar-refractivity contribution in [1.29, 1.82) is 0 Å². The van der Waals surface area contributed by atoms with Crippen LogP contribution in [-0.2, 0) is 5.41 Å². The molecule has 8 aromatic carbocycles. The largest absolute Gasteiger partial charge is 0.309 e. The first-order valence-electron chi connectivity index (χ1n) is 17.5. The van der Waals surface area contributed by atoms with Crippen LogP contribution in [0.5, 0.6) is 0 Å². The maximum atomic E-state index is 2.51. The fourth-order valence-corrected chi connectivity index (χ4v) is 8.53. The Morgan fingerprint density at radius 1 is 0.340 bits per heavy atom. The normalized spacial score (nSPS) is 13.2. The first-order valence-corrected chi connectivity index (χ1v) is 17.5. The van der Waals surface area contributed by atoms with Crippen LogP contribution in [0.15, 0.2) is 176 Å². The summed E-state index contributed by atoms with van der Waals surface area (Å²) in [5.41, 5.74) is 16.4. The number of benzene rings is 8. The second-order valence-corrected chi connectivity index (χ2v) is 14.1. The third-order valence-corrected chi connectivity index (χ3v) is 11.0. The van der Waals surface area contributed by atoms with Crippen LogP contribution in [0.3, 0.4) is 0 Å². The van der Waals surface area contributed by atoms with Gasteiger partial charge in [-0.15, -0.1) is 0 Å². The van der Waals surface area contributed by atoms with Crippen molar-refractivity contribution in [3.63, 3.8) is 0 Å². The van der Waals surface area contributed by atoms with E-state index in [0.717, 1.165) is 0 Å². The third-order valence-electron chi connectivity index (χ3n) is 11.0. The molecule has 1 nitrogen and oxygen atoms in total. The molecule has 0 radical (unpaired) electrons. The molecule has 0 fully saturated rings. The molecule has 1 aliphatic rings. The van der Waals surface area contributed by atoms with Gasteiger partial charge in [-0.25, -0.2) is 0 Å². The van der Waals surface area contributed by atoms with E-state index in [1.165, 1.54) is 93.9 Å². The van der Waals surface area contributed by atoms with Crippen molar-refractivity contribution in [3.05, 3.63) is 187 Å². The Morgan fingerprint density at radius 2 is 0.920 bits per heavy atom. The first kappa shape index (κ1) is 28.8. The molecule has 0 saturated heterocycles. The SMILES string of the molecule is CC1(C)c2ccccc2-c2cc3c4ccccc4n(-c4ccc(-c5cc(-c6ccccc6)cc(-c6ccccc6)c5)c5ccccc45)c3cc21. The second-order valence-electron chi connectivity index (χ2n) is 14.1. The molecule has 1 heteroatoms. The number of para-hydroxylation sites is 1. The van der Waals surface area contributed by atoms with Gasteiger partial charge in [0.15, 0.2) is 0 Å². The monoisotopic (exact) mass is 637 g/mol. The predicted molar refractivity (Wildman–Crippen MR) is 212 cm³/mol. The van der Waals surface area contributed by atoms with Crippen molar-refractivity contribution in [1.82, 2.24) is 4.57 Å². The lowest BCUT2D eigenvalue weighted by Gasteiger charge is -2.22. The molecule has 0 bridgehead atoms. The van der Waals surface area contributed by atoms with Crippen molar-refractivity contribution in [3.8, 4) is 50.2 Å². The molecule has 9 aromatic rings. The topological polar surface area (TPSA) is 4.93 Å². The summed E-state index contributed by atoms with van der Waals surface area (Å²) >= 11 is 0. The highest BCUT2D eigenvalue weighted by atomic mass is 15.0. The highest BCUT2D eigenvalue weighted by molar-refractivity contribution is 6.13. The molecule has 1 aromatic heterocycles. The van der Waals surface area contributed by atoms with E-state index in [4.69, 9.17) is 0 Å². The molecule has 1 aliphatic carbocycles. The maximum Gasteiger partial charge on any atom is 0.0544 e. The summed E-state index contributed by atoms with van der Waals surface area (Å²) in [5.74, 6) is 0. The van der Waals surface area contributed by atoms with Gasteiger partial charge in [-0.05, 0) is 103 Å². The zero-order valence-corrected chi connectivity index (χ0v) is 28.2. The summed E-state index contributed by atoms with van der Waals surface area (Å²) in [7, 11) is 0. The van der Waals surface area contributed by atoms with Crippen molar-refractivity contribution in [2.24, 2.45) is 0 Å².